The van der Waals surface area contributed by atoms with E-state index in [0.29, 0.717) is 0 Å². The van der Waals surface area contributed by atoms with Gasteiger partial charge in [-0.1, -0.05) is 5.11 Å². The lowest BCUT2D eigenvalue weighted by Crippen LogP contribution is -2.44. The lowest BCUT2D eigenvalue weighted by molar-refractivity contribution is -0.125. The normalized spacial score (nSPS) is 32.9. The first kappa shape index (κ1) is 14.2. The van der Waals surface area contributed by atoms with E-state index in [2.05, 4.69) is 15.0 Å². The van der Waals surface area contributed by atoms with Crippen LogP contribution in [0.25, 0.3) is 10.4 Å². The molecule has 0 radical (unpaired) electrons. The maximum atomic E-state index is 11.7. The van der Waals surface area contributed by atoms with Crippen molar-refractivity contribution in [2.24, 2.45) is 5.11 Å². The molecule has 11 heteroatoms. The van der Waals surface area contributed by atoms with Crippen molar-refractivity contribution >= 4 is 5.82 Å². The molecule has 20 heavy (non-hydrogen) atoms. The molecule has 1 unspecified atom stereocenters. The molecule has 1 saturated heterocycles. The van der Waals surface area contributed by atoms with Gasteiger partial charge < -0.3 is 25.8 Å². The minimum atomic E-state index is -2.07. The third kappa shape index (κ3) is 2.09. The van der Waals surface area contributed by atoms with Gasteiger partial charge in [0.2, 0.25) is 5.72 Å². The maximum Gasteiger partial charge on any atom is 0.351 e. The van der Waals surface area contributed by atoms with Crippen molar-refractivity contribution in [3.05, 3.63) is 33.2 Å². The van der Waals surface area contributed by atoms with Gasteiger partial charge in [-0.25, -0.2) is 4.79 Å². The molecule has 0 amide bonds. The molecule has 1 aromatic rings. The molecule has 5 N–H and O–H groups in total. The van der Waals surface area contributed by atoms with E-state index in [4.69, 9.17) is 16.0 Å². The Morgan fingerprint density at radius 2 is 2.35 bits per heavy atom. The second-order valence-electron chi connectivity index (χ2n) is 4.18. The van der Waals surface area contributed by atoms with Gasteiger partial charge in [-0.15, -0.1) is 0 Å². The fraction of sp³-hybridized carbons (Fsp3) is 0.556. The topological polar surface area (TPSA) is 180 Å². The van der Waals surface area contributed by atoms with Crippen LogP contribution in [-0.4, -0.2) is 49.4 Å². The Labute approximate surface area is 111 Å². The van der Waals surface area contributed by atoms with Gasteiger partial charge in [-0.2, -0.15) is 4.98 Å². The van der Waals surface area contributed by atoms with Gasteiger partial charge in [0.1, 0.15) is 18.0 Å². The first-order valence-corrected chi connectivity index (χ1v) is 5.51. The van der Waals surface area contributed by atoms with Gasteiger partial charge in [0.15, 0.2) is 6.23 Å². The molecule has 0 saturated carbocycles. The average molecular weight is 284 g/mol. The summed E-state index contributed by atoms with van der Waals surface area (Å²) in [5, 5.41) is 32.2. The minimum Gasteiger partial charge on any atom is -0.393 e. The number of anilines is 1. The van der Waals surface area contributed by atoms with E-state index in [1.807, 2.05) is 0 Å². The van der Waals surface area contributed by atoms with Gasteiger partial charge in [0.05, 0.1) is 6.61 Å². The van der Waals surface area contributed by atoms with Crippen molar-refractivity contribution in [2.75, 3.05) is 12.3 Å². The summed E-state index contributed by atoms with van der Waals surface area (Å²) in [4.78, 5) is 17.6. The highest BCUT2D eigenvalue weighted by molar-refractivity contribution is 5.23. The van der Waals surface area contributed by atoms with Crippen LogP contribution in [0.1, 0.15) is 6.23 Å². The largest absolute Gasteiger partial charge is 0.393 e. The van der Waals surface area contributed by atoms with Crippen molar-refractivity contribution in [3.8, 4) is 0 Å². The smallest absolute Gasteiger partial charge is 0.351 e. The number of aliphatic hydroxyl groups excluding tert-OH is 3. The Morgan fingerprint density at radius 3 is 2.90 bits per heavy atom. The Hall–Kier alpha value is -2.17. The molecule has 0 spiro atoms. The third-order valence-electron chi connectivity index (χ3n) is 2.97. The average Bonchev–Trinajstić information content (AvgIpc) is 2.65. The first-order chi connectivity index (χ1) is 9.45. The third-order valence-corrected chi connectivity index (χ3v) is 2.97. The maximum absolute atomic E-state index is 11.7. The minimum absolute atomic E-state index is 0.0252. The number of hydrogen-bond acceptors (Lipinski definition) is 8. The number of hydrogen-bond donors (Lipinski definition) is 4. The SMILES string of the molecule is [N-]=[N+]=N[C@]1(CO)O[C@@H](n2ccc(N)nc2=O)C(O)[C@H]1O. The number of nitrogens with zero attached hydrogens (tertiary/aromatic N) is 5. The fourth-order valence-electron chi connectivity index (χ4n) is 1.93. The summed E-state index contributed by atoms with van der Waals surface area (Å²) in [5.41, 5.74) is 10.9. The first-order valence-electron chi connectivity index (χ1n) is 5.51. The Balaban J connectivity index is 2.45. The molecule has 0 aromatic carbocycles. The van der Waals surface area contributed by atoms with Crippen LogP contribution >= 0.6 is 0 Å². The van der Waals surface area contributed by atoms with Crippen molar-refractivity contribution in [1.82, 2.24) is 9.55 Å². The highest BCUT2D eigenvalue weighted by atomic mass is 16.6. The summed E-state index contributed by atoms with van der Waals surface area (Å²) in [6.07, 6.45) is -3.48. The van der Waals surface area contributed by atoms with Gasteiger partial charge in [-0.3, -0.25) is 4.57 Å². The van der Waals surface area contributed by atoms with Gasteiger partial charge in [0.25, 0.3) is 0 Å². The highest BCUT2D eigenvalue weighted by Crippen LogP contribution is 2.37. The second-order valence-corrected chi connectivity index (χ2v) is 4.18. The van der Waals surface area contributed by atoms with E-state index < -0.39 is 36.5 Å². The van der Waals surface area contributed by atoms with E-state index in [-0.39, 0.29) is 5.82 Å². The Kier molecular flexibility index (Phi) is 3.61. The van der Waals surface area contributed by atoms with Crippen LogP contribution in [0.15, 0.2) is 22.2 Å². The zero-order valence-electron chi connectivity index (χ0n) is 10.1. The van der Waals surface area contributed by atoms with E-state index in [1.54, 1.807) is 0 Å². The number of azide groups is 1. The molecule has 0 aliphatic carbocycles. The van der Waals surface area contributed by atoms with Gasteiger partial charge >= 0.3 is 5.69 Å². The summed E-state index contributed by atoms with van der Waals surface area (Å²) in [7, 11) is 0. The van der Waals surface area contributed by atoms with Crippen molar-refractivity contribution in [3.63, 3.8) is 0 Å². The zero-order chi connectivity index (χ0) is 14.9. The summed E-state index contributed by atoms with van der Waals surface area (Å²) >= 11 is 0. The van der Waals surface area contributed by atoms with Gasteiger partial charge in [-0.05, 0) is 11.6 Å². The predicted molar refractivity (Wildman–Crippen MR) is 64.0 cm³/mol. The summed E-state index contributed by atoms with van der Waals surface area (Å²) in [6.45, 7) is -0.872. The molecule has 2 rings (SSSR count). The molecule has 0 bridgehead atoms. The van der Waals surface area contributed by atoms with Crippen LogP contribution in [0.3, 0.4) is 0 Å². The lowest BCUT2D eigenvalue weighted by atomic mass is 10.1. The second kappa shape index (κ2) is 5.07. The Bertz CT molecular complexity index is 613. The molecular formula is C9H12N6O5. The van der Waals surface area contributed by atoms with Crippen LogP contribution in [0, 0.1) is 0 Å². The fourth-order valence-corrected chi connectivity index (χ4v) is 1.93. The molecule has 1 aromatic heterocycles. The molecule has 1 aliphatic rings. The standard InChI is InChI=1S/C9H12N6O5/c10-4-1-2-15(8(19)12-4)7-5(17)6(18)9(3-16,20-7)13-14-11/h1-2,5-7,16-18H,3H2,(H2,10,12,19)/t5?,6-,7-,9-/m1/s1. The quantitative estimate of drug-likeness (QED) is 0.283. The summed E-state index contributed by atoms with van der Waals surface area (Å²) < 4.78 is 6.05. The highest BCUT2D eigenvalue weighted by Gasteiger charge is 2.54. The van der Waals surface area contributed by atoms with Gasteiger partial charge in [0, 0.05) is 11.1 Å². The van der Waals surface area contributed by atoms with Crippen LogP contribution in [-0.2, 0) is 4.74 Å². The van der Waals surface area contributed by atoms with Crippen molar-refractivity contribution < 1.29 is 20.1 Å². The zero-order valence-corrected chi connectivity index (χ0v) is 10.1. The van der Waals surface area contributed by atoms with E-state index in [9.17, 15) is 20.1 Å². The molecule has 2 heterocycles. The number of ether oxygens (including phenoxy) is 1. The molecule has 1 aliphatic heterocycles. The number of nitrogens with two attached hydrogens (primary N) is 1. The molecule has 1 fully saturated rings. The number of nitrogen functional groups attached to an aromatic ring is 1. The molecule has 4 atom stereocenters. The van der Waals surface area contributed by atoms with Crippen molar-refractivity contribution in [1.29, 1.82) is 0 Å². The molecular weight excluding hydrogens is 272 g/mol. The van der Waals surface area contributed by atoms with E-state index >= 15 is 0 Å². The monoisotopic (exact) mass is 284 g/mol. The predicted octanol–water partition coefficient (Wildman–Crippen LogP) is -1.92. The Morgan fingerprint density at radius 1 is 1.65 bits per heavy atom. The van der Waals surface area contributed by atoms with Crippen LogP contribution in [0.2, 0.25) is 0 Å². The summed E-state index contributed by atoms with van der Waals surface area (Å²) in [6, 6.07) is 1.29. The molecule has 108 valence electrons. The number of aliphatic hydroxyl groups is 3. The van der Waals surface area contributed by atoms with Crippen molar-refractivity contribution in [2.45, 2.75) is 24.2 Å². The van der Waals surface area contributed by atoms with Crippen LogP contribution in [0.4, 0.5) is 5.82 Å². The van der Waals surface area contributed by atoms with E-state index in [0.717, 1.165) is 4.57 Å². The summed E-state index contributed by atoms with van der Waals surface area (Å²) in [5.74, 6) is -0.0252. The molecule has 11 nitrogen and oxygen atoms in total. The number of aromatic nitrogens is 2. The van der Waals surface area contributed by atoms with Crippen LogP contribution in [0.5, 0.6) is 0 Å². The number of rotatable bonds is 3. The van der Waals surface area contributed by atoms with E-state index in [1.165, 1.54) is 12.3 Å². The lowest BCUT2D eigenvalue weighted by Gasteiger charge is -2.23. The van der Waals surface area contributed by atoms with Crippen LogP contribution < -0.4 is 11.4 Å².